The second kappa shape index (κ2) is 18.3. The van der Waals surface area contributed by atoms with E-state index in [4.69, 9.17) is 39.4 Å². The van der Waals surface area contributed by atoms with E-state index >= 15 is 4.79 Å². The first-order valence-electron chi connectivity index (χ1n) is 23.2. The van der Waals surface area contributed by atoms with Crippen molar-refractivity contribution in [2.24, 2.45) is 11.3 Å². The van der Waals surface area contributed by atoms with Crippen molar-refractivity contribution in [1.82, 2.24) is 14.8 Å². The van der Waals surface area contributed by atoms with Gasteiger partial charge in [0.05, 0.1) is 33.1 Å². The predicted octanol–water partition coefficient (Wildman–Crippen LogP) is 2.20. The molecule has 19 nitrogen and oxygen atoms in total. The van der Waals surface area contributed by atoms with Gasteiger partial charge in [-0.05, 0) is 67.8 Å². The summed E-state index contributed by atoms with van der Waals surface area (Å²) in [5.41, 5.74) is -0.420. The van der Waals surface area contributed by atoms with Crippen molar-refractivity contribution in [2.75, 3.05) is 59.0 Å². The lowest BCUT2D eigenvalue weighted by atomic mass is 9.47. The maximum Gasteiger partial charge on any atom is 0.344 e. The van der Waals surface area contributed by atoms with Gasteiger partial charge in [0, 0.05) is 78.2 Å². The molecule has 5 aliphatic heterocycles. The number of hydrogen-bond donors (Lipinski definition) is 6. The third-order valence-corrected chi connectivity index (χ3v) is 15.8. The van der Waals surface area contributed by atoms with Crippen molar-refractivity contribution in [2.45, 2.75) is 99.7 Å². The summed E-state index contributed by atoms with van der Waals surface area (Å²) in [5, 5.41) is 46.9. The average molecular weight is 957 g/mol. The fourth-order valence-electron chi connectivity index (χ4n) is 13.2. The molecule has 2 aromatic carbocycles. The van der Waals surface area contributed by atoms with Gasteiger partial charge in [0.2, 0.25) is 12.0 Å². The number of aliphatic carboxylic acids is 2. The minimum Gasteiger partial charge on any atom is -0.496 e. The number of nitrogens with zero attached hydrogens (tertiary/aromatic N) is 3. The molecule has 6 aliphatic rings. The number of esters is 3. The van der Waals surface area contributed by atoms with Crippen LogP contribution >= 0.6 is 0 Å². The number of benzene rings is 2. The maximum atomic E-state index is 15.3. The van der Waals surface area contributed by atoms with Crippen molar-refractivity contribution in [1.29, 1.82) is 0 Å². The van der Waals surface area contributed by atoms with Gasteiger partial charge in [-0.2, -0.15) is 0 Å². The molecule has 9 rings (SSSR count). The lowest BCUT2D eigenvalue weighted by molar-refractivity contribution is -0.228. The van der Waals surface area contributed by atoms with Gasteiger partial charge in [0.15, 0.2) is 18.3 Å². The quantitative estimate of drug-likeness (QED) is 0.0696. The summed E-state index contributed by atoms with van der Waals surface area (Å²) in [7, 11) is 4.16. The van der Waals surface area contributed by atoms with Gasteiger partial charge in [-0.25, -0.2) is 14.4 Å². The molecule has 0 radical (unpaired) electrons. The monoisotopic (exact) mass is 956 g/mol. The van der Waals surface area contributed by atoms with Crippen LogP contribution in [-0.2, 0) is 60.2 Å². The number of ether oxygens (including phenoxy) is 4. The Morgan fingerprint density at radius 3 is 2.25 bits per heavy atom. The van der Waals surface area contributed by atoms with Crippen LogP contribution in [0.4, 0.5) is 5.69 Å². The summed E-state index contributed by atoms with van der Waals surface area (Å²) in [6.45, 7) is 8.97. The Morgan fingerprint density at radius 1 is 0.942 bits per heavy atom. The Kier molecular flexibility index (Phi) is 13.1. The van der Waals surface area contributed by atoms with E-state index in [0.29, 0.717) is 67.7 Å². The highest BCUT2D eigenvalue weighted by molar-refractivity contribution is 5.96. The number of aromatic amines is 1. The SMILES string of the molecule is CCC1=C[C@@H]2CN(CCc3c([nH]c4ccccc34)[C@@](C(=O)OC)(c3cc4c(cc3OC)N(C=O)C3[C@]45CCN4CC=C[C@](CC)([C@@H]45)[C@@H](OC(C)=O)[C@]3(O)C(=O)OC)C2)C1.O=C(O)C(O)C(O)C(=O)O. The molecule has 1 aliphatic carbocycles. The number of H-pyrrole nitrogens is 1. The third-order valence-electron chi connectivity index (χ3n) is 15.8. The fraction of sp³-hybridized carbons (Fsp3) is 0.520. The summed E-state index contributed by atoms with van der Waals surface area (Å²) >= 11 is 0. The number of rotatable bonds is 11. The number of carboxylic acids is 2. The molecule has 3 aromatic rings. The van der Waals surface area contributed by atoms with Gasteiger partial charge in [-0.15, -0.1) is 0 Å². The first-order chi connectivity index (χ1) is 32.9. The fourth-order valence-corrected chi connectivity index (χ4v) is 13.2. The van der Waals surface area contributed by atoms with Crippen molar-refractivity contribution in [3.8, 4) is 5.75 Å². The zero-order valence-electron chi connectivity index (χ0n) is 39.5. The van der Waals surface area contributed by atoms with E-state index < -0.39 is 82.1 Å². The van der Waals surface area contributed by atoms with Crippen molar-refractivity contribution in [3.05, 3.63) is 82.6 Å². The van der Waals surface area contributed by atoms with Gasteiger partial charge in [0.1, 0.15) is 11.2 Å². The van der Waals surface area contributed by atoms with Crippen LogP contribution in [0.25, 0.3) is 10.9 Å². The Bertz CT molecular complexity index is 2630. The van der Waals surface area contributed by atoms with Gasteiger partial charge in [-0.3, -0.25) is 24.2 Å². The maximum absolute atomic E-state index is 15.3. The summed E-state index contributed by atoms with van der Waals surface area (Å²) in [6.07, 6.45) is 3.81. The molecule has 4 unspecified atom stereocenters. The van der Waals surface area contributed by atoms with Crippen LogP contribution in [-0.4, -0.2) is 167 Å². The normalized spacial score (nSPS) is 31.6. The summed E-state index contributed by atoms with van der Waals surface area (Å²) in [6, 6.07) is 10.2. The minimum absolute atomic E-state index is 0.0349. The van der Waals surface area contributed by atoms with E-state index in [1.54, 1.807) is 13.2 Å². The number of para-hydroxylation sites is 1. The molecule has 69 heavy (non-hydrogen) atoms. The van der Waals surface area contributed by atoms with Gasteiger partial charge >= 0.3 is 29.8 Å². The topological polar surface area (TPSA) is 266 Å². The summed E-state index contributed by atoms with van der Waals surface area (Å²) in [4.78, 5) is 85.9. The molecule has 6 N–H and O–H groups in total. The number of anilines is 1. The van der Waals surface area contributed by atoms with Gasteiger partial charge in [0.25, 0.3) is 0 Å². The van der Waals surface area contributed by atoms with Crippen LogP contribution in [0.3, 0.4) is 0 Å². The minimum atomic E-state index is -2.51. The standard InChI is InChI=1S/C46H54N4O9.C4H6O6/c1-7-28-20-29-23-45(41(53)57-5,37-31(14-18-48(24-28)25-29)30-12-9-10-13-34(30)47-37)33-21-32-35(22-36(33)56-4)50(26-51)39-44(32)16-19-49-17-11-15-43(8-2,38(44)49)40(59-27(3)52)46(39,55)42(54)58-6;5-1(3(7)8)2(6)4(9)10/h9-13,15,20-22,26,29,38-40,47,55H,7-8,14,16-19,23-25H2,1-6H3;1-2,5-6H,(H,7,8)(H,9,10)/t29-,38+,39?,40+,43+,44+,45-,46-;/m0./s1. The van der Waals surface area contributed by atoms with E-state index in [-0.39, 0.29) is 5.92 Å². The van der Waals surface area contributed by atoms with Crippen molar-refractivity contribution in [3.63, 3.8) is 0 Å². The first kappa shape index (κ1) is 49.3. The van der Waals surface area contributed by atoms with Crippen LogP contribution in [0.15, 0.2) is 60.2 Å². The second-order valence-electron chi connectivity index (χ2n) is 19.0. The van der Waals surface area contributed by atoms with Crippen LogP contribution < -0.4 is 9.64 Å². The zero-order chi connectivity index (χ0) is 50.0. The zero-order valence-corrected chi connectivity index (χ0v) is 39.5. The van der Waals surface area contributed by atoms with Crippen LogP contribution in [0.2, 0.25) is 0 Å². The second-order valence-corrected chi connectivity index (χ2v) is 19.0. The van der Waals surface area contributed by atoms with E-state index in [1.165, 1.54) is 31.6 Å². The molecule has 19 heteroatoms. The summed E-state index contributed by atoms with van der Waals surface area (Å²) in [5.74, 6) is -5.35. The van der Waals surface area contributed by atoms with Crippen LogP contribution in [0.5, 0.6) is 5.75 Å². The average Bonchev–Trinajstić information content (AvgIpc) is 4.02. The van der Waals surface area contributed by atoms with E-state index in [0.717, 1.165) is 48.2 Å². The number of aliphatic hydroxyl groups is 3. The number of carbonyl (C=O) groups is 6. The predicted molar refractivity (Wildman–Crippen MR) is 246 cm³/mol. The highest BCUT2D eigenvalue weighted by Crippen LogP contribution is 2.68. The summed E-state index contributed by atoms with van der Waals surface area (Å²) < 4.78 is 23.7. The number of fused-ring (bicyclic) bond motifs is 6. The number of nitrogens with one attached hydrogen (secondary N) is 1. The van der Waals surface area contributed by atoms with Crippen molar-refractivity contribution < 1.29 is 73.2 Å². The molecular weight excluding hydrogens is 897 g/mol. The number of amides is 1. The molecule has 6 heterocycles. The number of aliphatic hydroxyl groups excluding tert-OH is 2. The molecule has 2 bridgehead atoms. The molecule has 1 saturated heterocycles. The molecule has 1 amide bonds. The van der Waals surface area contributed by atoms with E-state index in [2.05, 4.69) is 33.8 Å². The molecule has 1 saturated carbocycles. The number of carbonyl (C=O) groups excluding carboxylic acids is 4. The van der Waals surface area contributed by atoms with Crippen LogP contribution in [0, 0.1) is 11.3 Å². The Morgan fingerprint density at radius 2 is 1.64 bits per heavy atom. The molecule has 1 aromatic heterocycles. The van der Waals surface area contributed by atoms with Gasteiger partial charge < -0.3 is 54.4 Å². The molecule has 11 atom stereocenters. The number of aromatic nitrogens is 1. The van der Waals surface area contributed by atoms with E-state index in [1.807, 2.05) is 43.3 Å². The first-order valence-corrected chi connectivity index (χ1v) is 23.2. The highest BCUT2D eigenvalue weighted by atomic mass is 16.6. The number of hydrogen-bond acceptors (Lipinski definition) is 15. The largest absolute Gasteiger partial charge is 0.496 e. The highest BCUT2D eigenvalue weighted by Gasteiger charge is 2.81. The van der Waals surface area contributed by atoms with Crippen LogP contribution in [0.1, 0.15) is 68.8 Å². The lowest BCUT2D eigenvalue weighted by Gasteiger charge is -2.63. The van der Waals surface area contributed by atoms with E-state index in [9.17, 15) is 29.1 Å². The number of carboxylic acid groups (broad SMARTS) is 2. The number of methoxy groups -OCH3 is 3. The Hall–Kier alpha value is -6.12. The lowest BCUT2D eigenvalue weighted by Crippen LogP contribution is -2.81. The van der Waals surface area contributed by atoms with Crippen molar-refractivity contribution >= 4 is 52.8 Å². The Balaban J connectivity index is 0.000000579. The van der Waals surface area contributed by atoms with Gasteiger partial charge in [-0.1, -0.05) is 55.8 Å². The molecule has 2 fully saturated rings. The molecular formula is C50H60N4O15. The molecule has 1 spiro atoms. The Labute approximate surface area is 398 Å². The molecule has 370 valence electrons. The smallest absolute Gasteiger partial charge is 0.344 e. The third kappa shape index (κ3) is 7.25.